The Labute approximate surface area is 221 Å². The maximum atomic E-state index is 13.7. The highest BCUT2D eigenvalue weighted by Gasteiger charge is 2.73. The predicted molar refractivity (Wildman–Crippen MR) is 137 cm³/mol. The molecule has 3 aliphatic carbocycles. The van der Waals surface area contributed by atoms with E-state index in [9.17, 15) is 19.5 Å². The summed E-state index contributed by atoms with van der Waals surface area (Å²) < 4.78 is 6.30. The Hall–Kier alpha value is -3.39. The number of nitrogens with one attached hydrogen (secondary N) is 1. The van der Waals surface area contributed by atoms with Gasteiger partial charge in [-0.3, -0.25) is 14.5 Å². The molecule has 198 valence electrons. The molecule has 0 aromatic heterocycles. The topological polar surface area (TPSA) is 116 Å². The van der Waals surface area contributed by atoms with Gasteiger partial charge in [0.15, 0.2) is 23.4 Å². The number of aryl methyl sites for hydroxylation is 1. The Morgan fingerprint density at radius 2 is 1.89 bits per heavy atom. The van der Waals surface area contributed by atoms with Crippen LogP contribution >= 0.6 is 0 Å². The Bertz CT molecular complexity index is 1350. The number of piperidine rings is 1. The Morgan fingerprint density at radius 1 is 1.11 bits per heavy atom. The average Bonchev–Trinajstić information content (AvgIpc) is 3.65. The second-order valence-electron chi connectivity index (χ2n) is 11.8. The highest BCUT2D eigenvalue weighted by Crippen LogP contribution is 2.65. The van der Waals surface area contributed by atoms with E-state index in [1.54, 1.807) is 30.3 Å². The third-order valence-corrected chi connectivity index (χ3v) is 9.82. The molecular weight excluding hydrogens is 484 g/mol. The molecule has 1 saturated heterocycles. The van der Waals surface area contributed by atoms with Crippen molar-refractivity contribution in [1.82, 2.24) is 10.2 Å². The summed E-state index contributed by atoms with van der Waals surface area (Å²) in [6.07, 6.45) is 4.89. The molecule has 5 aliphatic rings. The molecule has 1 amide bonds. The lowest BCUT2D eigenvalue weighted by atomic mass is 9.47. The predicted octanol–water partition coefficient (Wildman–Crippen LogP) is 2.98. The Morgan fingerprint density at radius 3 is 2.63 bits per heavy atom. The zero-order valence-corrected chi connectivity index (χ0v) is 21.2. The van der Waals surface area contributed by atoms with Gasteiger partial charge in [-0.2, -0.15) is 0 Å². The number of Topliss-reactive ketones (excluding diaryl/α,β-unsaturated/α-hetero) is 1. The number of phenols is 1. The van der Waals surface area contributed by atoms with Crippen LogP contribution in [0, 0.1) is 5.92 Å². The van der Waals surface area contributed by atoms with Gasteiger partial charge < -0.3 is 20.3 Å². The van der Waals surface area contributed by atoms with Crippen LogP contribution in [-0.2, 0) is 27.8 Å². The number of nitrogens with zero attached hydrogens (tertiary/aromatic N) is 1. The number of likely N-dealkylation sites (tertiary alicyclic amines) is 1. The molecule has 2 bridgehead atoms. The average molecular weight is 517 g/mol. The number of hydrogen-bond acceptors (Lipinski definition) is 6. The maximum Gasteiger partial charge on any atom is 0.335 e. The van der Waals surface area contributed by atoms with Crippen LogP contribution < -0.4 is 10.1 Å². The van der Waals surface area contributed by atoms with Crippen LogP contribution in [0.4, 0.5) is 0 Å². The van der Waals surface area contributed by atoms with E-state index in [0.29, 0.717) is 37.4 Å². The van der Waals surface area contributed by atoms with Gasteiger partial charge in [-0.15, -0.1) is 0 Å². The summed E-state index contributed by atoms with van der Waals surface area (Å²) in [5.74, 6) is 0.181. The number of ether oxygens (including phenoxy) is 1. The molecule has 2 heterocycles. The van der Waals surface area contributed by atoms with Crippen molar-refractivity contribution in [3.05, 3.63) is 58.7 Å². The molecule has 3 N–H and O–H groups in total. The van der Waals surface area contributed by atoms with E-state index in [2.05, 4.69) is 10.2 Å². The lowest BCUT2D eigenvalue weighted by molar-refractivity contribution is -0.150. The number of benzene rings is 2. The number of rotatable bonds is 7. The number of carbonyl (C=O) groups is 3. The van der Waals surface area contributed by atoms with Crippen LogP contribution in [0.2, 0.25) is 0 Å². The van der Waals surface area contributed by atoms with Gasteiger partial charge in [0.05, 0.1) is 16.5 Å². The summed E-state index contributed by atoms with van der Waals surface area (Å²) in [6.45, 7) is 1.85. The number of ketones is 1. The Balaban J connectivity index is 1.25. The molecule has 0 radical (unpaired) electrons. The fourth-order valence-electron chi connectivity index (χ4n) is 7.95. The zero-order valence-electron chi connectivity index (χ0n) is 21.2. The first kappa shape index (κ1) is 23.7. The minimum atomic E-state index is -0.974. The van der Waals surface area contributed by atoms with E-state index in [4.69, 9.17) is 9.84 Å². The fraction of sp³-hybridized carbons (Fsp3) is 0.500. The van der Waals surface area contributed by atoms with Crippen molar-refractivity contribution in [3.8, 4) is 11.5 Å². The number of amides is 1. The van der Waals surface area contributed by atoms with Crippen molar-refractivity contribution in [2.24, 2.45) is 5.92 Å². The van der Waals surface area contributed by atoms with Crippen LogP contribution in [0.5, 0.6) is 11.5 Å². The first-order valence-corrected chi connectivity index (χ1v) is 13.7. The van der Waals surface area contributed by atoms with Crippen LogP contribution in [0.1, 0.15) is 65.6 Å². The monoisotopic (exact) mass is 516 g/mol. The molecule has 0 unspecified atom stereocenters. The van der Waals surface area contributed by atoms with Crippen molar-refractivity contribution in [1.29, 1.82) is 0 Å². The van der Waals surface area contributed by atoms with Gasteiger partial charge in [0.1, 0.15) is 0 Å². The standard InChI is InChI=1S/C30H32N2O6/c33-21-9-8-20-15-23-30(31-24(35)10-5-17-3-6-19(7-4-17)28(36)37)12-11-22(34)27-29(30,25(20)26(21)38-27)13-14-32(23)16-18-1-2-18/h3-4,6-9,18,23,27,33H,1-2,5,10-16H2,(H,31,35)(H,36,37)/t23-,27+,29+,30-/m1/s1. The van der Waals surface area contributed by atoms with Crippen molar-refractivity contribution in [2.45, 2.75) is 74.5 Å². The minimum Gasteiger partial charge on any atom is -0.504 e. The van der Waals surface area contributed by atoms with Crippen LogP contribution in [0.3, 0.4) is 0 Å². The van der Waals surface area contributed by atoms with E-state index in [1.807, 2.05) is 6.07 Å². The minimum absolute atomic E-state index is 0.0474. The van der Waals surface area contributed by atoms with E-state index < -0.39 is 23.0 Å². The number of carboxylic acids is 1. The van der Waals surface area contributed by atoms with Crippen molar-refractivity contribution in [3.63, 3.8) is 0 Å². The first-order chi connectivity index (χ1) is 18.3. The normalized spacial score (nSPS) is 30.9. The highest BCUT2D eigenvalue weighted by molar-refractivity contribution is 5.91. The smallest absolute Gasteiger partial charge is 0.335 e. The van der Waals surface area contributed by atoms with Crippen molar-refractivity contribution in [2.75, 3.05) is 13.1 Å². The number of carbonyl (C=O) groups excluding carboxylic acids is 2. The quantitative estimate of drug-likeness (QED) is 0.518. The van der Waals surface area contributed by atoms with Gasteiger partial charge in [-0.25, -0.2) is 4.79 Å². The molecule has 1 spiro atoms. The van der Waals surface area contributed by atoms with Gasteiger partial charge >= 0.3 is 5.97 Å². The molecule has 2 aromatic carbocycles. The molecule has 4 atom stereocenters. The number of phenolic OH excluding ortho intramolecular Hbond substituents is 1. The van der Waals surface area contributed by atoms with Crippen molar-refractivity contribution >= 4 is 17.7 Å². The lowest BCUT2D eigenvalue weighted by Gasteiger charge is -2.65. The summed E-state index contributed by atoms with van der Waals surface area (Å²) in [4.78, 5) is 40.7. The SMILES string of the molecule is O=C(CCc1ccc(C(=O)O)cc1)N[C@@]12CCC(=O)[C@@H]3Oc4c(O)ccc5c4[C@@]31CCN(CC1CC1)[C@@H]2C5. The summed E-state index contributed by atoms with van der Waals surface area (Å²) >= 11 is 0. The summed E-state index contributed by atoms with van der Waals surface area (Å²) in [5, 5.41) is 23.4. The molecule has 2 aliphatic heterocycles. The summed E-state index contributed by atoms with van der Waals surface area (Å²) in [6, 6.07) is 10.3. The maximum absolute atomic E-state index is 13.7. The van der Waals surface area contributed by atoms with E-state index >= 15 is 0 Å². The van der Waals surface area contributed by atoms with Crippen LogP contribution in [-0.4, -0.2) is 63.5 Å². The first-order valence-electron chi connectivity index (χ1n) is 13.7. The fourth-order valence-corrected chi connectivity index (χ4v) is 7.95. The van der Waals surface area contributed by atoms with Gasteiger partial charge in [0, 0.05) is 31.0 Å². The highest BCUT2D eigenvalue weighted by atomic mass is 16.5. The van der Waals surface area contributed by atoms with Gasteiger partial charge in [0.25, 0.3) is 0 Å². The van der Waals surface area contributed by atoms with E-state index in [-0.39, 0.29) is 35.5 Å². The third-order valence-electron chi connectivity index (χ3n) is 9.82. The molecule has 2 saturated carbocycles. The van der Waals surface area contributed by atoms with Crippen molar-refractivity contribution < 1.29 is 29.3 Å². The summed E-state index contributed by atoms with van der Waals surface area (Å²) in [5.41, 5.74) is 1.83. The van der Waals surface area contributed by atoms with Gasteiger partial charge in [-0.05, 0) is 80.3 Å². The number of aromatic carboxylic acids is 1. The van der Waals surface area contributed by atoms with Gasteiger partial charge in [0.2, 0.25) is 5.91 Å². The molecule has 3 fully saturated rings. The second-order valence-corrected chi connectivity index (χ2v) is 11.8. The number of aromatic hydroxyl groups is 1. The molecule has 8 nitrogen and oxygen atoms in total. The van der Waals surface area contributed by atoms with Crippen LogP contribution in [0.25, 0.3) is 0 Å². The Kier molecular flexibility index (Phi) is 5.18. The number of carboxylic acid groups (broad SMARTS) is 1. The van der Waals surface area contributed by atoms with Gasteiger partial charge in [-0.1, -0.05) is 18.2 Å². The molecule has 8 heteroatoms. The second kappa shape index (κ2) is 8.30. The molecule has 2 aromatic rings. The van der Waals surface area contributed by atoms with Crippen LogP contribution in [0.15, 0.2) is 36.4 Å². The largest absolute Gasteiger partial charge is 0.504 e. The molecule has 7 rings (SSSR count). The summed E-state index contributed by atoms with van der Waals surface area (Å²) in [7, 11) is 0. The van der Waals surface area contributed by atoms with E-state index in [0.717, 1.165) is 36.2 Å². The van der Waals surface area contributed by atoms with E-state index in [1.165, 1.54) is 12.8 Å². The number of hydrogen-bond donors (Lipinski definition) is 3. The third kappa shape index (κ3) is 3.28. The molecular formula is C30H32N2O6. The zero-order chi connectivity index (χ0) is 26.2. The molecule has 38 heavy (non-hydrogen) atoms. The lowest BCUT2D eigenvalue weighted by Crippen LogP contribution is -2.82.